The van der Waals surface area contributed by atoms with Crippen LogP contribution in [-0.4, -0.2) is 11.4 Å². The van der Waals surface area contributed by atoms with E-state index in [2.05, 4.69) is 100 Å². The van der Waals surface area contributed by atoms with E-state index in [0.29, 0.717) is 12.7 Å². The number of hydrogen-bond donors (Lipinski definition) is 0. The van der Waals surface area contributed by atoms with Gasteiger partial charge in [0.15, 0.2) is 0 Å². The Morgan fingerprint density at radius 1 is 0.629 bits per heavy atom. The van der Waals surface area contributed by atoms with Crippen molar-refractivity contribution in [2.45, 2.75) is 40.5 Å². The molecular weight excluding hydrogens is 518 g/mol. The molecule has 0 atom stereocenters. The van der Waals surface area contributed by atoms with E-state index in [1.165, 1.54) is 44.2 Å². The fourth-order valence-corrected chi connectivity index (χ4v) is 4.77. The average molecular weight is 546 g/mol. The fourth-order valence-electron chi connectivity index (χ4n) is 4.77. The van der Waals surface area contributed by atoms with Gasteiger partial charge in [-0.05, 0) is 54.3 Å². The number of halogens is 2. The summed E-state index contributed by atoms with van der Waals surface area (Å²) in [5.74, 6) is 0. The van der Waals surface area contributed by atoms with Crippen LogP contribution in [0.2, 0.25) is 0 Å². The summed E-state index contributed by atoms with van der Waals surface area (Å²) in [5, 5.41) is 2.49. The van der Waals surface area contributed by atoms with Gasteiger partial charge < -0.3 is 0 Å². The summed E-state index contributed by atoms with van der Waals surface area (Å²) in [6.45, 7) is 8.68. The molecule has 5 heteroatoms. The zero-order valence-corrected chi connectivity index (χ0v) is 22.8. The van der Waals surface area contributed by atoms with Crippen molar-refractivity contribution in [3.8, 4) is 0 Å². The molecule has 0 aliphatic heterocycles. The van der Waals surface area contributed by atoms with Crippen molar-refractivity contribution in [2.75, 3.05) is 0 Å². The Bertz CT molecular complexity index is 1340. The molecule has 4 aromatic carbocycles. The first-order valence-electron chi connectivity index (χ1n) is 11.7. The number of para-hydroxylation sites is 2. The summed E-state index contributed by atoms with van der Waals surface area (Å²) in [7, 11) is 9.40. The van der Waals surface area contributed by atoms with Crippen molar-refractivity contribution in [3.05, 3.63) is 106 Å². The van der Waals surface area contributed by atoms with Gasteiger partial charge in [-0.15, -0.1) is 0 Å². The Hall–Kier alpha value is -2.45. The van der Waals surface area contributed by atoms with Crippen molar-refractivity contribution in [1.82, 2.24) is 0 Å². The van der Waals surface area contributed by atoms with Gasteiger partial charge in [-0.25, -0.2) is 9.98 Å². The van der Waals surface area contributed by atoms with Crippen LogP contribution >= 0.6 is 20.4 Å². The molecule has 0 aromatic heterocycles. The van der Waals surface area contributed by atoms with Crippen molar-refractivity contribution in [1.29, 1.82) is 0 Å². The van der Waals surface area contributed by atoms with Crippen molar-refractivity contribution in [2.24, 2.45) is 9.98 Å². The molecular formula is C30H28Cl2N2Ni. The molecule has 0 fully saturated rings. The second-order valence-corrected chi connectivity index (χ2v) is 10.2. The van der Waals surface area contributed by atoms with E-state index in [-0.39, 0.29) is 0 Å². The normalized spacial score (nSPS) is 14.6. The van der Waals surface area contributed by atoms with Crippen LogP contribution in [0.25, 0.3) is 10.8 Å². The maximum atomic E-state index is 5.32. The number of aryl methyl sites for hydroxylation is 4. The van der Waals surface area contributed by atoms with Crippen molar-refractivity contribution in [3.63, 3.8) is 0 Å². The van der Waals surface area contributed by atoms with Gasteiger partial charge in [0.05, 0.1) is 22.8 Å². The predicted molar refractivity (Wildman–Crippen MR) is 149 cm³/mol. The van der Waals surface area contributed by atoms with Gasteiger partial charge in [-0.2, -0.15) is 0 Å². The van der Waals surface area contributed by atoms with Crippen LogP contribution in [0.15, 0.2) is 82.8 Å². The Morgan fingerprint density at radius 3 is 1.43 bits per heavy atom. The average Bonchev–Trinajstić information content (AvgIpc) is 3.16. The number of benzene rings is 4. The predicted octanol–water partition coefficient (Wildman–Crippen LogP) is 9.21. The van der Waals surface area contributed by atoms with E-state index < -0.39 is 0 Å². The SMILES string of the molecule is CCc1cccc(C)c1N=C1C(=Nc2c(C)cccc2CC)c2cccc3cccc1c23.[Cl][Ni][Cl]. The minimum absolute atomic E-state index is 0.569. The van der Waals surface area contributed by atoms with E-state index in [1.807, 2.05) is 0 Å². The zero-order chi connectivity index (χ0) is 24.9. The summed E-state index contributed by atoms with van der Waals surface area (Å²) < 4.78 is 0. The molecule has 35 heavy (non-hydrogen) atoms. The van der Waals surface area contributed by atoms with Crippen molar-refractivity contribution >= 4 is 54.0 Å². The zero-order valence-electron chi connectivity index (χ0n) is 20.3. The molecule has 5 rings (SSSR count). The van der Waals surface area contributed by atoms with Gasteiger partial charge in [0.2, 0.25) is 0 Å². The van der Waals surface area contributed by atoms with Crippen LogP contribution in [0.1, 0.15) is 47.2 Å². The summed E-state index contributed by atoms with van der Waals surface area (Å²) in [6.07, 6.45) is 1.91. The topological polar surface area (TPSA) is 24.7 Å². The first-order chi connectivity index (χ1) is 17.0. The molecule has 1 aliphatic carbocycles. The summed E-state index contributed by atoms with van der Waals surface area (Å²) in [6, 6.07) is 25.9. The van der Waals surface area contributed by atoms with Crippen molar-refractivity contribution < 1.29 is 12.7 Å². The molecule has 0 spiro atoms. The number of aliphatic imine (C=N–C) groups is 2. The van der Waals surface area contributed by atoms with E-state index in [0.717, 1.165) is 35.6 Å². The number of rotatable bonds is 4. The minimum atomic E-state index is 0.569. The van der Waals surface area contributed by atoms with Gasteiger partial charge in [-0.3, -0.25) is 0 Å². The fraction of sp³-hybridized carbons (Fsp3) is 0.200. The molecule has 4 aromatic rings. The van der Waals surface area contributed by atoms with Crippen LogP contribution in [0.3, 0.4) is 0 Å². The van der Waals surface area contributed by atoms with Gasteiger partial charge in [0.25, 0.3) is 0 Å². The third-order valence-corrected chi connectivity index (χ3v) is 6.49. The molecule has 0 unspecified atom stereocenters. The first-order valence-corrected chi connectivity index (χ1v) is 14.4. The second kappa shape index (κ2) is 11.5. The molecule has 0 N–H and O–H groups in total. The first kappa shape index (κ1) is 25.6. The Morgan fingerprint density at radius 2 is 1.03 bits per heavy atom. The Kier molecular flexibility index (Phi) is 8.44. The summed E-state index contributed by atoms with van der Waals surface area (Å²) in [5.41, 5.74) is 11.4. The van der Waals surface area contributed by atoms with E-state index in [1.54, 1.807) is 0 Å². The van der Waals surface area contributed by atoms with Crippen LogP contribution in [0, 0.1) is 13.8 Å². The van der Waals surface area contributed by atoms with Crippen LogP contribution in [0.5, 0.6) is 0 Å². The van der Waals surface area contributed by atoms with Crippen LogP contribution < -0.4 is 0 Å². The molecule has 0 heterocycles. The standard InChI is InChI=1S/C30H28N2.2ClH.Ni/c1-5-21-13-7-11-19(3)27(21)31-29-24-17-9-15-23-16-10-18-25(26(23)24)30(29)32-28-20(4)12-8-14-22(28)6-2;;;/h7-18H,5-6H2,1-4H3;2*1H;/q;;;+2/p-2. The van der Waals surface area contributed by atoms with Gasteiger partial charge in [0.1, 0.15) is 0 Å². The molecule has 0 amide bonds. The molecule has 0 bridgehead atoms. The van der Waals surface area contributed by atoms with Crippen LogP contribution in [-0.2, 0) is 25.5 Å². The third-order valence-electron chi connectivity index (χ3n) is 6.49. The molecule has 2 nitrogen and oxygen atoms in total. The molecule has 0 saturated heterocycles. The van der Waals surface area contributed by atoms with E-state index in [9.17, 15) is 0 Å². The Balaban J connectivity index is 0.000000917. The van der Waals surface area contributed by atoms with E-state index in [4.69, 9.17) is 30.4 Å². The Labute approximate surface area is 222 Å². The van der Waals surface area contributed by atoms with Gasteiger partial charge >= 0.3 is 33.0 Å². The monoisotopic (exact) mass is 544 g/mol. The molecule has 0 radical (unpaired) electrons. The van der Waals surface area contributed by atoms with Gasteiger partial charge in [-0.1, -0.05) is 86.6 Å². The number of hydrogen-bond acceptors (Lipinski definition) is 2. The van der Waals surface area contributed by atoms with E-state index >= 15 is 0 Å². The van der Waals surface area contributed by atoms with Gasteiger partial charge in [0, 0.05) is 16.5 Å². The molecule has 0 saturated carbocycles. The second-order valence-electron chi connectivity index (χ2n) is 8.55. The maximum absolute atomic E-state index is 5.32. The van der Waals surface area contributed by atoms with Crippen LogP contribution in [0.4, 0.5) is 11.4 Å². The third kappa shape index (κ3) is 5.09. The molecule has 1 aliphatic rings. The quantitative estimate of drug-likeness (QED) is 0.228. The molecule has 182 valence electrons. The number of nitrogens with zero attached hydrogens (tertiary/aromatic N) is 2. The summed E-state index contributed by atoms with van der Waals surface area (Å²) >= 11 is 0.569. The summed E-state index contributed by atoms with van der Waals surface area (Å²) in [4.78, 5) is 10.6.